The van der Waals surface area contributed by atoms with Crippen LogP contribution in [0.5, 0.6) is 0 Å². The Bertz CT molecular complexity index is 305. The lowest BCUT2D eigenvalue weighted by Gasteiger charge is -2.17. The molecule has 0 saturated heterocycles. The number of aromatic nitrogens is 2. The molecule has 0 fully saturated rings. The Morgan fingerprint density at radius 3 is 2.50 bits per heavy atom. The summed E-state index contributed by atoms with van der Waals surface area (Å²) in [6.07, 6.45) is 0.221. The van der Waals surface area contributed by atoms with Gasteiger partial charge in [0.25, 0.3) is 0 Å². The maximum atomic E-state index is 11.6. The number of aryl methyl sites for hydroxylation is 1. The van der Waals surface area contributed by atoms with Gasteiger partial charge in [0.2, 0.25) is 11.8 Å². The lowest BCUT2D eigenvalue weighted by Crippen LogP contribution is -2.32. The molecule has 0 aliphatic heterocycles. The van der Waals surface area contributed by atoms with Crippen LogP contribution >= 0.6 is 0 Å². The van der Waals surface area contributed by atoms with Crippen molar-refractivity contribution >= 4 is 5.91 Å². The highest BCUT2D eigenvalue weighted by Crippen LogP contribution is 1.99. The minimum absolute atomic E-state index is 0.0378. The summed E-state index contributed by atoms with van der Waals surface area (Å²) in [4.78, 5) is 17.3. The zero-order chi connectivity index (χ0) is 10.6. The number of carbonyl (C=O) groups excluding carboxylic acids is 1. The van der Waals surface area contributed by atoms with E-state index in [1.807, 2.05) is 13.8 Å². The predicted octanol–water partition coefficient (Wildman–Crippen LogP) is 0.789. The largest absolute Gasteiger partial charge is 0.343 e. The quantitative estimate of drug-likeness (QED) is 0.716. The van der Waals surface area contributed by atoms with E-state index in [0.29, 0.717) is 24.8 Å². The van der Waals surface area contributed by atoms with Gasteiger partial charge in [0.1, 0.15) is 0 Å². The molecule has 1 aromatic rings. The van der Waals surface area contributed by atoms with Crippen molar-refractivity contribution in [1.29, 1.82) is 0 Å². The first-order chi connectivity index (χ1) is 6.67. The Morgan fingerprint density at radius 1 is 1.43 bits per heavy atom. The normalized spacial score (nSPS) is 10.2. The summed E-state index contributed by atoms with van der Waals surface area (Å²) in [5.74, 6) is 0.988. The Hall–Kier alpha value is -1.39. The zero-order valence-corrected chi connectivity index (χ0v) is 8.78. The summed E-state index contributed by atoms with van der Waals surface area (Å²) in [6, 6.07) is 0. The first-order valence-electron chi connectivity index (χ1n) is 4.74. The Morgan fingerprint density at radius 2 is 2.07 bits per heavy atom. The third-order valence-electron chi connectivity index (χ3n) is 2.00. The van der Waals surface area contributed by atoms with Crippen molar-refractivity contribution in [1.82, 2.24) is 15.0 Å². The Balaban J connectivity index is 2.56. The topological polar surface area (TPSA) is 59.2 Å². The van der Waals surface area contributed by atoms with Crippen LogP contribution in [-0.2, 0) is 11.2 Å². The molecule has 1 aromatic heterocycles. The molecule has 1 heterocycles. The van der Waals surface area contributed by atoms with Gasteiger partial charge in [-0.05, 0) is 13.8 Å². The molecule has 1 amide bonds. The molecule has 0 aliphatic carbocycles. The van der Waals surface area contributed by atoms with E-state index in [1.54, 1.807) is 11.8 Å². The number of amides is 1. The molecule has 5 nitrogen and oxygen atoms in total. The van der Waals surface area contributed by atoms with Gasteiger partial charge in [0.15, 0.2) is 5.82 Å². The van der Waals surface area contributed by atoms with Crippen molar-refractivity contribution in [2.75, 3.05) is 13.1 Å². The van der Waals surface area contributed by atoms with E-state index < -0.39 is 0 Å². The second-order valence-electron chi connectivity index (χ2n) is 2.97. The van der Waals surface area contributed by atoms with Gasteiger partial charge in [-0.1, -0.05) is 5.16 Å². The second-order valence-corrected chi connectivity index (χ2v) is 2.97. The molecule has 14 heavy (non-hydrogen) atoms. The van der Waals surface area contributed by atoms with Crippen LogP contribution < -0.4 is 0 Å². The molecular weight excluding hydrogens is 182 g/mol. The summed E-state index contributed by atoms with van der Waals surface area (Å²) >= 11 is 0. The van der Waals surface area contributed by atoms with E-state index in [1.165, 1.54) is 0 Å². The molecule has 78 valence electrons. The Kier molecular flexibility index (Phi) is 3.62. The molecule has 0 aromatic carbocycles. The fourth-order valence-electron chi connectivity index (χ4n) is 1.24. The molecule has 0 atom stereocenters. The highest BCUT2D eigenvalue weighted by Gasteiger charge is 2.13. The lowest BCUT2D eigenvalue weighted by atomic mass is 10.3. The molecule has 0 spiro atoms. The highest BCUT2D eigenvalue weighted by molar-refractivity contribution is 5.77. The number of carbonyl (C=O) groups is 1. The van der Waals surface area contributed by atoms with Gasteiger partial charge in [0, 0.05) is 20.0 Å². The van der Waals surface area contributed by atoms with Gasteiger partial charge in [0.05, 0.1) is 6.42 Å². The van der Waals surface area contributed by atoms with E-state index in [9.17, 15) is 4.79 Å². The van der Waals surface area contributed by atoms with Crippen LogP contribution in [0.3, 0.4) is 0 Å². The number of hydrogen-bond acceptors (Lipinski definition) is 4. The van der Waals surface area contributed by atoms with Gasteiger partial charge in [-0.25, -0.2) is 0 Å². The van der Waals surface area contributed by atoms with Crippen molar-refractivity contribution in [3.63, 3.8) is 0 Å². The van der Waals surface area contributed by atoms with Crippen LogP contribution in [0.1, 0.15) is 25.6 Å². The zero-order valence-electron chi connectivity index (χ0n) is 8.78. The van der Waals surface area contributed by atoms with Crippen molar-refractivity contribution in [2.45, 2.75) is 27.2 Å². The number of hydrogen-bond donors (Lipinski definition) is 0. The van der Waals surface area contributed by atoms with Crippen molar-refractivity contribution < 1.29 is 9.32 Å². The average Bonchev–Trinajstić information content (AvgIpc) is 2.53. The first kappa shape index (κ1) is 10.7. The molecule has 0 unspecified atom stereocenters. The monoisotopic (exact) mass is 197 g/mol. The molecule has 0 N–H and O–H groups in total. The smallest absolute Gasteiger partial charge is 0.230 e. The second kappa shape index (κ2) is 4.74. The SMILES string of the molecule is CCN(CC)C(=O)Cc1noc(C)n1. The van der Waals surface area contributed by atoms with E-state index in [4.69, 9.17) is 4.52 Å². The maximum Gasteiger partial charge on any atom is 0.230 e. The fourth-order valence-corrected chi connectivity index (χ4v) is 1.24. The van der Waals surface area contributed by atoms with Crippen molar-refractivity contribution in [3.05, 3.63) is 11.7 Å². The summed E-state index contributed by atoms with van der Waals surface area (Å²) < 4.78 is 4.78. The van der Waals surface area contributed by atoms with Crippen molar-refractivity contribution in [3.8, 4) is 0 Å². The summed E-state index contributed by atoms with van der Waals surface area (Å²) in [6.45, 7) is 7.03. The minimum Gasteiger partial charge on any atom is -0.343 e. The molecule has 5 heteroatoms. The highest BCUT2D eigenvalue weighted by atomic mass is 16.5. The van der Waals surface area contributed by atoms with Crippen LogP contribution in [0.15, 0.2) is 4.52 Å². The summed E-state index contributed by atoms with van der Waals surface area (Å²) in [5.41, 5.74) is 0. The molecule has 0 saturated carbocycles. The third kappa shape index (κ3) is 2.55. The van der Waals surface area contributed by atoms with E-state index in [2.05, 4.69) is 10.1 Å². The van der Waals surface area contributed by atoms with Gasteiger partial charge >= 0.3 is 0 Å². The predicted molar refractivity (Wildman–Crippen MR) is 50.7 cm³/mol. The van der Waals surface area contributed by atoms with E-state index >= 15 is 0 Å². The fraction of sp³-hybridized carbons (Fsp3) is 0.667. The van der Waals surface area contributed by atoms with Gasteiger partial charge in [-0.2, -0.15) is 4.98 Å². The lowest BCUT2D eigenvalue weighted by molar-refractivity contribution is -0.130. The first-order valence-corrected chi connectivity index (χ1v) is 4.74. The van der Waals surface area contributed by atoms with Crippen LogP contribution in [0.25, 0.3) is 0 Å². The molecule has 1 rings (SSSR count). The summed E-state index contributed by atoms with van der Waals surface area (Å²) in [5, 5.41) is 3.67. The van der Waals surface area contributed by atoms with Crippen molar-refractivity contribution in [2.24, 2.45) is 0 Å². The van der Waals surface area contributed by atoms with Gasteiger partial charge in [-0.3, -0.25) is 4.79 Å². The molecular formula is C9H15N3O2. The van der Waals surface area contributed by atoms with Crippen LogP contribution in [0.4, 0.5) is 0 Å². The number of likely N-dealkylation sites (N-methyl/N-ethyl adjacent to an activating group) is 1. The average molecular weight is 197 g/mol. The van der Waals surface area contributed by atoms with E-state index in [0.717, 1.165) is 0 Å². The van der Waals surface area contributed by atoms with Gasteiger partial charge in [-0.15, -0.1) is 0 Å². The number of rotatable bonds is 4. The van der Waals surface area contributed by atoms with Crippen LogP contribution in [0.2, 0.25) is 0 Å². The maximum absolute atomic E-state index is 11.6. The Labute approximate surface area is 83.1 Å². The third-order valence-corrected chi connectivity index (χ3v) is 2.00. The summed E-state index contributed by atoms with van der Waals surface area (Å²) in [7, 11) is 0. The van der Waals surface area contributed by atoms with Crippen LogP contribution in [-0.4, -0.2) is 34.0 Å². The van der Waals surface area contributed by atoms with Gasteiger partial charge < -0.3 is 9.42 Å². The molecule has 0 aliphatic rings. The standard InChI is InChI=1S/C9H15N3O2/c1-4-12(5-2)9(13)6-8-10-7(3)14-11-8/h4-6H2,1-3H3. The molecule has 0 radical (unpaired) electrons. The van der Waals surface area contributed by atoms with Crippen LogP contribution in [0, 0.1) is 6.92 Å². The van der Waals surface area contributed by atoms with E-state index in [-0.39, 0.29) is 12.3 Å². The molecule has 0 bridgehead atoms. The number of nitrogens with zero attached hydrogens (tertiary/aromatic N) is 3. The minimum atomic E-state index is 0.0378.